The molecule has 0 fully saturated rings. The fraction of sp³-hybridized carbons (Fsp3) is 0.0500. The van der Waals surface area contributed by atoms with Crippen LogP contribution >= 0.6 is 0 Å². The summed E-state index contributed by atoms with van der Waals surface area (Å²) in [6.07, 6.45) is 7.86. The van der Waals surface area contributed by atoms with E-state index >= 15 is 0 Å². The van der Waals surface area contributed by atoms with E-state index in [1.165, 1.54) is 11.3 Å². The molecule has 0 saturated heterocycles. The summed E-state index contributed by atoms with van der Waals surface area (Å²) in [6, 6.07) is 16.7. The lowest BCUT2D eigenvalue weighted by atomic mass is 10.2. The lowest BCUT2D eigenvalue weighted by Crippen LogP contribution is -2.19. The molecule has 0 saturated carbocycles. The Kier molecular flexibility index (Phi) is 2.34. The van der Waals surface area contributed by atoms with Crippen molar-refractivity contribution >= 4 is 16.8 Å². The van der Waals surface area contributed by atoms with Gasteiger partial charge in [-0.25, -0.2) is 4.57 Å². The van der Waals surface area contributed by atoms with E-state index in [4.69, 9.17) is 0 Å². The standard InChI is InChI=1S/C20H14N5/c1-2-5-14(6-3-1)25-18-11-21-10-8-17(18)24-13-19-15-7-4-9-22-16(15)12-23(19)20(24)25/h1-11,13H,12H2/q+1. The SMILES string of the molecule is c1ccc(-n2c3cnccc3[n+]3cc4n(c23)Cc2ncccc2-4)cc1. The fourth-order valence-corrected chi connectivity index (χ4v) is 3.91. The third-order valence-electron chi connectivity index (χ3n) is 4.97. The van der Waals surface area contributed by atoms with E-state index < -0.39 is 0 Å². The largest absolute Gasteiger partial charge is 0.376 e. The van der Waals surface area contributed by atoms with Crippen molar-refractivity contribution in [3.05, 3.63) is 79.0 Å². The van der Waals surface area contributed by atoms with Gasteiger partial charge < -0.3 is 0 Å². The first-order valence-electron chi connectivity index (χ1n) is 8.31. The molecule has 0 unspecified atom stereocenters. The van der Waals surface area contributed by atoms with Gasteiger partial charge in [-0.3, -0.25) is 9.97 Å². The minimum atomic E-state index is 0.790. The van der Waals surface area contributed by atoms with Crippen molar-refractivity contribution in [3.8, 4) is 16.9 Å². The van der Waals surface area contributed by atoms with Gasteiger partial charge in [-0.2, -0.15) is 8.97 Å². The van der Waals surface area contributed by atoms with Crippen LogP contribution in [0.3, 0.4) is 0 Å². The summed E-state index contributed by atoms with van der Waals surface area (Å²) in [5, 5.41) is 0. The smallest absolute Gasteiger partial charge is 0.261 e. The maximum atomic E-state index is 4.56. The highest BCUT2D eigenvalue weighted by Gasteiger charge is 2.33. The van der Waals surface area contributed by atoms with Crippen molar-refractivity contribution in [1.29, 1.82) is 0 Å². The average molecular weight is 324 g/mol. The number of pyridine rings is 2. The Bertz CT molecular complexity index is 1260. The molecule has 0 radical (unpaired) electrons. The Hall–Kier alpha value is -3.47. The number of benzene rings is 1. The molecule has 0 spiro atoms. The van der Waals surface area contributed by atoms with Crippen LogP contribution in [0.1, 0.15) is 5.69 Å². The van der Waals surface area contributed by atoms with Gasteiger partial charge >= 0.3 is 5.78 Å². The highest BCUT2D eigenvalue weighted by Crippen LogP contribution is 2.33. The molecular weight excluding hydrogens is 310 g/mol. The van der Waals surface area contributed by atoms with Gasteiger partial charge in [-0.15, -0.1) is 0 Å². The van der Waals surface area contributed by atoms with Gasteiger partial charge in [-0.05, 0) is 30.3 Å². The third-order valence-corrected chi connectivity index (χ3v) is 4.97. The van der Waals surface area contributed by atoms with Crippen LogP contribution in [-0.2, 0) is 6.54 Å². The number of aromatic nitrogens is 5. The second kappa shape index (κ2) is 4.54. The quantitative estimate of drug-likeness (QED) is 0.436. The van der Waals surface area contributed by atoms with Gasteiger partial charge in [0.2, 0.25) is 0 Å². The van der Waals surface area contributed by atoms with Crippen molar-refractivity contribution in [3.63, 3.8) is 0 Å². The number of rotatable bonds is 1. The Balaban J connectivity index is 1.79. The molecule has 25 heavy (non-hydrogen) atoms. The molecule has 4 aromatic heterocycles. The highest BCUT2D eigenvalue weighted by molar-refractivity contribution is 5.79. The monoisotopic (exact) mass is 324 g/mol. The molecule has 0 atom stereocenters. The molecule has 5 aromatic rings. The van der Waals surface area contributed by atoms with Crippen LogP contribution in [0.5, 0.6) is 0 Å². The van der Waals surface area contributed by atoms with Gasteiger partial charge in [0.05, 0.1) is 11.9 Å². The predicted octanol–water partition coefficient (Wildman–Crippen LogP) is 2.99. The van der Waals surface area contributed by atoms with Crippen LogP contribution in [-0.4, -0.2) is 19.1 Å². The first-order chi connectivity index (χ1) is 12.4. The normalized spacial score (nSPS) is 12.6. The van der Waals surface area contributed by atoms with E-state index in [0.717, 1.165) is 34.7 Å². The molecule has 1 aliphatic heterocycles. The molecule has 5 heteroatoms. The minimum Gasteiger partial charge on any atom is -0.261 e. The summed E-state index contributed by atoms with van der Waals surface area (Å²) in [4.78, 5) is 8.91. The second-order valence-electron chi connectivity index (χ2n) is 6.30. The van der Waals surface area contributed by atoms with Crippen molar-refractivity contribution in [2.45, 2.75) is 6.54 Å². The predicted molar refractivity (Wildman–Crippen MR) is 94.6 cm³/mol. The maximum absolute atomic E-state index is 4.56. The zero-order chi connectivity index (χ0) is 16.4. The molecule has 0 N–H and O–H groups in total. The fourth-order valence-electron chi connectivity index (χ4n) is 3.91. The van der Waals surface area contributed by atoms with Crippen LogP contribution in [0, 0.1) is 0 Å². The lowest BCUT2D eigenvalue weighted by molar-refractivity contribution is -0.480. The number of hydrogen-bond acceptors (Lipinski definition) is 2. The summed E-state index contributed by atoms with van der Waals surface area (Å²) < 4.78 is 6.87. The van der Waals surface area contributed by atoms with Gasteiger partial charge in [0.25, 0.3) is 0 Å². The number of fused-ring (bicyclic) bond motifs is 7. The maximum Gasteiger partial charge on any atom is 0.376 e. The van der Waals surface area contributed by atoms with Crippen LogP contribution in [0.4, 0.5) is 0 Å². The molecule has 1 aliphatic rings. The minimum absolute atomic E-state index is 0.790. The zero-order valence-corrected chi connectivity index (χ0v) is 13.4. The number of imidazole rings is 2. The van der Waals surface area contributed by atoms with Crippen LogP contribution in [0.2, 0.25) is 0 Å². The molecule has 6 rings (SSSR count). The zero-order valence-electron chi connectivity index (χ0n) is 13.4. The summed E-state index contributed by atoms with van der Waals surface area (Å²) in [6.45, 7) is 0.790. The van der Waals surface area contributed by atoms with Crippen LogP contribution in [0.15, 0.2) is 73.3 Å². The molecule has 5 heterocycles. The van der Waals surface area contributed by atoms with E-state index in [1.807, 2.05) is 30.7 Å². The molecule has 0 bridgehead atoms. The lowest BCUT2D eigenvalue weighted by Gasteiger charge is -2.00. The first kappa shape index (κ1) is 12.9. The third kappa shape index (κ3) is 1.59. The molecular formula is C20H14N5+. The molecule has 5 nitrogen and oxygen atoms in total. The Labute approximate surface area is 143 Å². The number of nitrogens with zero attached hydrogens (tertiary/aromatic N) is 5. The van der Waals surface area contributed by atoms with Crippen LogP contribution < -0.4 is 4.40 Å². The molecule has 118 valence electrons. The Morgan fingerprint density at radius 3 is 2.80 bits per heavy atom. The van der Waals surface area contributed by atoms with E-state index in [9.17, 15) is 0 Å². The average Bonchev–Trinajstić information content (AvgIpc) is 3.30. The van der Waals surface area contributed by atoms with Gasteiger partial charge in [0, 0.05) is 18.0 Å². The summed E-state index contributed by atoms with van der Waals surface area (Å²) in [5.41, 5.74) is 6.94. The second-order valence-corrected chi connectivity index (χ2v) is 6.30. The summed E-state index contributed by atoms with van der Waals surface area (Å²) in [7, 11) is 0. The van der Waals surface area contributed by atoms with E-state index in [2.05, 4.69) is 66.1 Å². The van der Waals surface area contributed by atoms with Gasteiger partial charge in [-0.1, -0.05) is 18.2 Å². The number of para-hydroxylation sites is 1. The Morgan fingerprint density at radius 1 is 0.960 bits per heavy atom. The van der Waals surface area contributed by atoms with E-state index in [-0.39, 0.29) is 0 Å². The van der Waals surface area contributed by atoms with E-state index in [1.54, 1.807) is 0 Å². The Morgan fingerprint density at radius 2 is 1.88 bits per heavy atom. The molecule has 0 amide bonds. The van der Waals surface area contributed by atoms with Crippen molar-refractivity contribution < 1.29 is 4.40 Å². The van der Waals surface area contributed by atoms with Crippen molar-refractivity contribution in [2.24, 2.45) is 0 Å². The first-order valence-corrected chi connectivity index (χ1v) is 8.31. The molecule has 1 aromatic carbocycles. The van der Waals surface area contributed by atoms with Crippen LogP contribution in [0.25, 0.3) is 33.8 Å². The van der Waals surface area contributed by atoms with Crippen molar-refractivity contribution in [2.75, 3.05) is 0 Å². The topological polar surface area (TPSA) is 39.7 Å². The van der Waals surface area contributed by atoms with Gasteiger partial charge in [0.15, 0.2) is 5.52 Å². The van der Waals surface area contributed by atoms with Gasteiger partial charge in [0.1, 0.15) is 29.6 Å². The highest BCUT2D eigenvalue weighted by atomic mass is 15.3. The van der Waals surface area contributed by atoms with Crippen molar-refractivity contribution in [1.82, 2.24) is 19.1 Å². The van der Waals surface area contributed by atoms with E-state index in [0.29, 0.717) is 0 Å². The molecule has 0 aliphatic carbocycles. The summed E-state index contributed by atoms with van der Waals surface area (Å²) >= 11 is 0. The summed E-state index contributed by atoms with van der Waals surface area (Å²) in [5.74, 6) is 1.13. The number of hydrogen-bond donors (Lipinski definition) is 0.